The van der Waals surface area contributed by atoms with Crippen LogP contribution in [-0.2, 0) is 10.0 Å². The van der Waals surface area contributed by atoms with Crippen molar-refractivity contribution >= 4 is 63.4 Å². The second kappa shape index (κ2) is 6.02. The molecule has 2 aromatic carbocycles. The summed E-state index contributed by atoms with van der Waals surface area (Å²) in [6.45, 7) is 1.06. The highest BCUT2D eigenvalue weighted by molar-refractivity contribution is 7.89. The van der Waals surface area contributed by atoms with E-state index in [0.29, 0.717) is 34.7 Å². The number of anilines is 2. The summed E-state index contributed by atoms with van der Waals surface area (Å²) in [4.78, 5) is 9.10. The topological polar surface area (TPSA) is 116 Å². The number of primary sulfonamides is 1. The molecule has 27 heavy (non-hydrogen) atoms. The molecule has 0 fully saturated rings. The maximum Gasteiger partial charge on any atom is 0.238 e. The van der Waals surface area contributed by atoms with Crippen molar-refractivity contribution in [2.24, 2.45) is 5.14 Å². The normalized spacial score (nSPS) is 14.0. The summed E-state index contributed by atoms with van der Waals surface area (Å²) < 4.78 is 35.9. The fraction of sp³-hybridized carbons (Fsp3) is 0.125. The van der Waals surface area contributed by atoms with Crippen LogP contribution in [0.5, 0.6) is 11.5 Å². The third kappa shape index (κ3) is 3.08. The molecule has 0 unspecified atom stereocenters. The molecule has 8 nitrogen and oxygen atoms in total. The van der Waals surface area contributed by atoms with Gasteiger partial charge in [-0.1, -0.05) is 22.7 Å². The predicted octanol–water partition coefficient (Wildman–Crippen LogP) is 3.07. The Hall–Kier alpha value is -2.47. The van der Waals surface area contributed by atoms with Crippen LogP contribution >= 0.6 is 22.7 Å². The molecule has 0 saturated carbocycles. The van der Waals surface area contributed by atoms with E-state index in [2.05, 4.69) is 15.3 Å². The third-order valence-electron chi connectivity index (χ3n) is 3.95. The largest absolute Gasteiger partial charge is 0.486 e. The lowest BCUT2D eigenvalue weighted by Gasteiger charge is -2.17. The molecule has 138 valence electrons. The molecule has 11 heteroatoms. The van der Waals surface area contributed by atoms with Crippen LogP contribution in [0.25, 0.3) is 20.4 Å². The van der Waals surface area contributed by atoms with Gasteiger partial charge in [-0.2, -0.15) is 0 Å². The molecule has 0 aliphatic carbocycles. The minimum atomic E-state index is -3.74. The SMILES string of the molecule is NS(=O)(=O)c1ccc2nc(Nc3nc4cc5c(cc4s3)OCCO5)sc2c1. The van der Waals surface area contributed by atoms with Gasteiger partial charge in [0.15, 0.2) is 21.8 Å². The van der Waals surface area contributed by atoms with Gasteiger partial charge in [0.1, 0.15) is 13.2 Å². The smallest absolute Gasteiger partial charge is 0.238 e. The number of nitrogens with one attached hydrogen (secondary N) is 1. The maximum atomic E-state index is 11.5. The van der Waals surface area contributed by atoms with Crippen LogP contribution in [0, 0.1) is 0 Å². The predicted molar refractivity (Wildman–Crippen MR) is 105 cm³/mol. The second-order valence-corrected chi connectivity index (χ2v) is 9.42. The zero-order valence-electron chi connectivity index (χ0n) is 13.6. The van der Waals surface area contributed by atoms with Gasteiger partial charge in [-0.3, -0.25) is 0 Å². The number of benzene rings is 2. The Morgan fingerprint density at radius 3 is 2.26 bits per heavy atom. The van der Waals surface area contributed by atoms with E-state index in [1.54, 1.807) is 6.07 Å². The minimum Gasteiger partial charge on any atom is -0.486 e. The van der Waals surface area contributed by atoms with Crippen molar-refractivity contribution in [1.82, 2.24) is 9.97 Å². The molecule has 0 bridgehead atoms. The molecule has 0 spiro atoms. The number of thiazole rings is 2. The van der Waals surface area contributed by atoms with E-state index in [0.717, 1.165) is 20.7 Å². The van der Waals surface area contributed by atoms with Gasteiger partial charge < -0.3 is 14.8 Å². The number of nitrogens with zero attached hydrogens (tertiary/aromatic N) is 2. The second-order valence-electron chi connectivity index (χ2n) is 5.80. The summed E-state index contributed by atoms with van der Waals surface area (Å²) in [5.74, 6) is 1.42. The Balaban J connectivity index is 1.49. The monoisotopic (exact) mass is 420 g/mol. The Morgan fingerprint density at radius 1 is 0.926 bits per heavy atom. The Kier molecular flexibility index (Phi) is 3.72. The first-order valence-corrected chi connectivity index (χ1v) is 11.0. The average molecular weight is 420 g/mol. The zero-order valence-corrected chi connectivity index (χ0v) is 16.1. The third-order valence-corrected chi connectivity index (χ3v) is 6.73. The van der Waals surface area contributed by atoms with Crippen molar-refractivity contribution in [2.75, 3.05) is 18.5 Å². The molecular weight excluding hydrogens is 408 g/mol. The van der Waals surface area contributed by atoms with Crippen LogP contribution in [0.3, 0.4) is 0 Å². The van der Waals surface area contributed by atoms with Gasteiger partial charge >= 0.3 is 0 Å². The quantitative estimate of drug-likeness (QED) is 0.523. The number of aromatic nitrogens is 2. The lowest BCUT2D eigenvalue weighted by molar-refractivity contribution is 0.172. The fourth-order valence-electron chi connectivity index (χ4n) is 2.75. The lowest BCUT2D eigenvalue weighted by atomic mass is 10.3. The highest BCUT2D eigenvalue weighted by Crippen LogP contribution is 2.39. The van der Waals surface area contributed by atoms with Crippen molar-refractivity contribution < 1.29 is 17.9 Å². The molecule has 0 amide bonds. The molecule has 0 atom stereocenters. The molecular formula is C16H12N4O4S3. The van der Waals surface area contributed by atoms with Crippen molar-refractivity contribution in [1.29, 1.82) is 0 Å². The molecule has 0 radical (unpaired) electrons. The van der Waals surface area contributed by atoms with Crippen molar-refractivity contribution in [3.63, 3.8) is 0 Å². The number of ether oxygens (including phenoxy) is 2. The van der Waals surface area contributed by atoms with Gasteiger partial charge in [0, 0.05) is 12.1 Å². The first-order valence-electron chi connectivity index (χ1n) is 7.86. The van der Waals surface area contributed by atoms with Crippen LogP contribution in [0.1, 0.15) is 0 Å². The minimum absolute atomic E-state index is 0.0655. The van der Waals surface area contributed by atoms with E-state index in [-0.39, 0.29) is 4.90 Å². The zero-order chi connectivity index (χ0) is 18.6. The molecule has 1 aliphatic heterocycles. The Morgan fingerprint density at radius 2 is 1.56 bits per heavy atom. The highest BCUT2D eigenvalue weighted by Gasteiger charge is 2.16. The number of fused-ring (bicyclic) bond motifs is 3. The van der Waals surface area contributed by atoms with Gasteiger partial charge in [-0.05, 0) is 18.2 Å². The number of hydrogen-bond acceptors (Lipinski definition) is 9. The van der Waals surface area contributed by atoms with Crippen LogP contribution < -0.4 is 19.9 Å². The molecule has 1 aliphatic rings. The van der Waals surface area contributed by atoms with Gasteiger partial charge in [-0.15, -0.1) is 0 Å². The molecule has 4 aromatic rings. The van der Waals surface area contributed by atoms with Crippen LogP contribution in [-0.4, -0.2) is 31.6 Å². The van der Waals surface area contributed by atoms with E-state index in [1.807, 2.05) is 12.1 Å². The van der Waals surface area contributed by atoms with Crippen molar-refractivity contribution in [3.8, 4) is 11.5 Å². The van der Waals surface area contributed by atoms with Crippen LogP contribution in [0.15, 0.2) is 35.2 Å². The van der Waals surface area contributed by atoms with E-state index < -0.39 is 10.0 Å². The summed E-state index contributed by atoms with van der Waals surface area (Å²) >= 11 is 2.81. The maximum absolute atomic E-state index is 11.5. The molecule has 5 rings (SSSR count). The standard InChI is InChI=1S/C16H12N4O4S3/c17-27(21,22)8-1-2-9-13(5-8)25-15(18-9)20-16-19-10-6-11-12(7-14(10)26-16)24-4-3-23-11/h1-2,5-7H,3-4H2,(H2,17,21,22)(H,18,19,20). The van der Waals surface area contributed by atoms with Crippen LogP contribution in [0.2, 0.25) is 0 Å². The van der Waals surface area contributed by atoms with Gasteiger partial charge in [0.05, 0.1) is 25.3 Å². The Labute approximate surface area is 161 Å². The van der Waals surface area contributed by atoms with E-state index in [4.69, 9.17) is 14.6 Å². The van der Waals surface area contributed by atoms with E-state index in [9.17, 15) is 8.42 Å². The highest BCUT2D eigenvalue weighted by atomic mass is 32.2. The summed E-state index contributed by atoms with van der Waals surface area (Å²) in [5.41, 5.74) is 1.50. The molecule has 3 heterocycles. The fourth-order valence-corrected chi connectivity index (χ4v) is 5.20. The molecule has 0 saturated heterocycles. The summed E-state index contributed by atoms with van der Waals surface area (Å²) in [7, 11) is -3.74. The lowest BCUT2D eigenvalue weighted by Crippen LogP contribution is -2.15. The van der Waals surface area contributed by atoms with Gasteiger partial charge in [0.25, 0.3) is 0 Å². The van der Waals surface area contributed by atoms with Crippen LogP contribution in [0.4, 0.5) is 10.3 Å². The molecule has 3 N–H and O–H groups in total. The molecule has 2 aromatic heterocycles. The first-order chi connectivity index (χ1) is 13.0. The first kappa shape index (κ1) is 16.7. The average Bonchev–Trinajstić information content (AvgIpc) is 3.20. The summed E-state index contributed by atoms with van der Waals surface area (Å²) in [6.07, 6.45) is 0. The Bertz CT molecular complexity index is 1250. The van der Waals surface area contributed by atoms with Gasteiger partial charge in [0.2, 0.25) is 10.0 Å². The van der Waals surface area contributed by atoms with Crippen molar-refractivity contribution in [2.45, 2.75) is 4.90 Å². The van der Waals surface area contributed by atoms with E-state index in [1.165, 1.54) is 34.8 Å². The number of rotatable bonds is 3. The number of hydrogen-bond donors (Lipinski definition) is 2. The van der Waals surface area contributed by atoms with Gasteiger partial charge in [-0.25, -0.2) is 23.5 Å². The number of nitrogens with two attached hydrogens (primary N) is 1. The summed E-state index contributed by atoms with van der Waals surface area (Å²) in [6, 6.07) is 8.39. The van der Waals surface area contributed by atoms with Crippen molar-refractivity contribution in [3.05, 3.63) is 30.3 Å². The number of sulfonamides is 1. The van der Waals surface area contributed by atoms with E-state index >= 15 is 0 Å². The summed E-state index contributed by atoms with van der Waals surface area (Å²) in [5, 5.41) is 9.67.